The van der Waals surface area contributed by atoms with Crippen molar-refractivity contribution in [1.29, 1.82) is 0 Å². The van der Waals surface area contributed by atoms with Crippen molar-refractivity contribution in [3.63, 3.8) is 0 Å². The highest BCUT2D eigenvalue weighted by molar-refractivity contribution is 5.80. The molecule has 1 fully saturated rings. The Labute approximate surface area is 231 Å². The van der Waals surface area contributed by atoms with E-state index in [1.807, 2.05) is 27.6 Å². The normalized spacial score (nSPS) is 12.2. The van der Waals surface area contributed by atoms with Crippen molar-refractivity contribution in [1.82, 2.24) is 0 Å². The third-order valence-corrected chi connectivity index (χ3v) is 5.66. The van der Waals surface area contributed by atoms with Gasteiger partial charge in [-0.05, 0) is 55.7 Å². The molecule has 224 valence electrons. The number of nitrogens with one attached hydrogen (secondary N) is 2. The lowest BCUT2D eigenvalue weighted by Crippen LogP contribution is -2.15. The lowest BCUT2D eigenvalue weighted by Gasteiger charge is -2.17. The number of carbonyl (C=O) groups excluding carboxylic acids is 1. The molecule has 0 aromatic heterocycles. The molecule has 3 rings (SSSR count). The lowest BCUT2D eigenvalue weighted by atomic mass is 9.95. The summed E-state index contributed by atoms with van der Waals surface area (Å²) in [5.74, 6) is -2.51. The molecule has 1 aliphatic rings. The molecule has 0 unspecified atom stereocenters. The van der Waals surface area contributed by atoms with E-state index in [9.17, 15) is 13.2 Å². The lowest BCUT2D eigenvalue weighted by molar-refractivity contribution is -0.0980. The number of rotatable bonds is 9. The molecule has 0 amide bonds. The molecule has 10 heteroatoms. The van der Waals surface area contributed by atoms with Gasteiger partial charge in [-0.3, -0.25) is 0 Å². The molecule has 1 saturated carbocycles. The van der Waals surface area contributed by atoms with Crippen LogP contribution in [-0.4, -0.2) is 56.1 Å². The average molecular weight is 561 g/mol. The van der Waals surface area contributed by atoms with Crippen molar-refractivity contribution in [3.8, 4) is 5.75 Å². The molecule has 2 aromatic rings. The Hall–Kier alpha value is -2.82. The molecule has 0 spiro atoms. The summed E-state index contributed by atoms with van der Waals surface area (Å²) in [6.07, 6.45) is 4.40. The maximum atomic E-state index is 14.0. The summed E-state index contributed by atoms with van der Waals surface area (Å²) < 4.78 is 46.5. The smallest absolute Gasteiger partial charge is 0.184 e. The van der Waals surface area contributed by atoms with Crippen LogP contribution in [0.4, 0.5) is 30.2 Å². The maximum absolute atomic E-state index is 14.0. The van der Waals surface area contributed by atoms with Crippen molar-refractivity contribution in [3.05, 3.63) is 47.3 Å². The Morgan fingerprint density at radius 1 is 1.03 bits per heavy atom. The number of halogens is 3. The van der Waals surface area contributed by atoms with Crippen molar-refractivity contribution >= 4 is 23.9 Å². The maximum Gasteiger partial charge on any atom is 0.184 e. The van der Waals surface area contributed by atoms with E-state index >= 15 is 0 Å². The third-order valence-electron chi connectivity index (χ3n) is 5.66. The second-order valence-corrected chi connectivity index (χ2v) is 8.95. The number of ether oxygens (including phenoxy) is 1. The molecule has 7 nitrogen and oxygen atoms in total. The number of aliphatic hydroxyl groups is 3. The van der Waals surface area contributed by atoms with Gasteiger partial charge >= 0.3 is 0 Å². The zero-order valence-corrected chi connectivity index (χ0v) is 24.3. The second kappa shape index (κ2) is 21.1. The van der Waals surface area contributed by atoms with Crippen LogP contribution in [0.25, 0.3) is 0 Å². The Morgan fingerprint density at radius 3 is 1.95 bits per heavy atom. The van der Waals surface area contributed by atoms with Crippen LogP contribution >= 0.6 is 0 Å². The van der Waals surface area contributed by atoms with Crippen LogP contribution in [0.5, 0.6) is 5.75 Å². The number of aliphatic hydroxyl groups excluding tert-OH is 3. The van der Waals surface area contributed by atoms with Gasteiger partial charge in [0.2, 0.25) is 0 Å². The molecule has 0 radical (unpaired) electrons. The SMILES string of the molecule is C=O.CC.CC1(CC(CO)CO)CC1.CCCO.CNc1c(OC)cc(F)c(F)c1Nc1ccc(C)cc1F. The monoisotopic (exact) mass is 560 g/mol. The van der Waals surface area contributed by atoms with Gasteiger partial charge in [0.25, 0.3) is 0 Å². The second-order valence-electron chi connectivity index (χ2n) is 8.95. The minimum Gasteiger partial charge on any atom is -0.494 e. The van der Waals surface area contributed by atoms with Crippen LogP contribution in [0.1, 0.15) is 58.9 Å². The number of benzene rings is 2. The van der Waals surface area contributed by atoms with Gasteiger partial charge in [-0.1, -0.05) is 33.8 Å². The topological polar surface area (TPSA) is 111 Å². The predicted molar refractivity (Wildman–Crippen MR) is 152 cm³/mol. The van der Waals surface area contributed by atoms with Gasteiger partial charge in [0.15, 0.2) is 11.6 Å². The van der Waals surface area contributed by atoms with Gasteiger partial charge in [0.05, 0.1) is 12.8 Å². The number of anilines is 3. The third kappa shape index (κ3) is 13.7. The Bertz CT molecular complexity index is 938. The fourth-order valence-electron chi connectivity index (χ4n) is 3.29. The van der Waals surface area contributed by atoms with E-state index in [-0.39, 0.29) is 41.9 Å². The van der Waals surface area contributed by atoms with E-state index in [2.05, 4.69) is 17.6 Å². The average Bonchev–Trinajstić information content (AvgIpc) is 3.70. The minimum atomic E-state index is -1.11. The number of methoxy groups -OCH3 is 1. The first-order valence-electron chi connectivity index (χ1n) is 13.0. The Balaban J connectivity index is 0. The first kappa shape index (κ1) is 38.3. The number of hydrogen-bond donors (Lipinski definition) is 5. The van der Waals surface area contributed by atoms with E-state index < -0.39 is 17.5 Å². The van der Waals surface area contributed by atoms with Crippen LogP contribution in [0.15, 0.2) is 24.3 Å². The van der Waals surface area contributed by atoms with Crippen LogP contribution in [-0.2, 0) is 4.79 Å². The van der Waals surface area contributed by atoms with E-state index in [1.165, 1.54) is 39.1 Å². The molecule has 0 atom stereocenters. The minimum absolute atomic E-state index is 0.0450. The zero-order chi connectivity index (χ0) is 30.6. The summed E-state index contributed by atoms with van der Waals surface area (Å²) in [5, 5.41) is 30.7. The molecule has 0 saturated heterocycles. The molecular formula is C29H47F3N2O5. The molecule has 39 heavy (non-hydrogen) atoms. The fraction of sp³-hybridized carbons (Fsp3) is 0.552. The van der Waals surface area contributed by atoms with Crippen LogP contribution in [0.2, 0.25) is 0 Å². The van der Waals surface area contributed by atoms with Crippen molar-refractivity contribution in [2.75, 3.05) is 44.6 Å². The number of aryl methyl sites for hydroxylation is 1. The Kier molecular flexibility index (Phi) is 20.7. The summed E-state index contributed by atoms with van der Waals surface area (Å²) in [6.45, 7) is 12.5. The predicted octanol–water partition coefficient (Wildman–Crippen LogP) is 6.21. The van der Waals surface area contributed by atoms with Crippen LogP contribution in [0, 0.1) is 35.7 Å². The molecule has 0 aliphatic heterocycles. The van der Waals surface area contributed by atoms with E-state index in [1.54, 1.807) is 13.0 Å². The zero-order valence-electron chi connectivity index (χ0n) is 24.3. The van der Waals surface area contributed by atoms with Gasteiger partial charge < -0.3 is 35.5 Å². The fourth-order valence-corrected chi connectivity index (χ4v) is 3.29. The largest absolute Gasteiger partial charge is 0.494 e. The van der Waals surface area contributed by atoms with Gasteiger partial charge in [0, 0.05) is 38.9 Å². The van der Waals surface area contributed by atoms with Gasteiger partial charge in [-0.2, -0.15) is 0 Å². The van der Waals surface area contributed by atoms with Crippen LogP contribution in [0.3, 0.4) is 0 Å². The summed E-state index contributed by atoms with van der Waals surface area (Å²) in [6, 6.07) is 5.35. The number of carbonyl (C=O) groups is 1. The van der Waals surface area contributed by atoms with Crippen LogP contribution < -0.4 is 15.4 Å². The molecule has 0 heterocycles. The van der Waals surface area contributed by atoms with Gasteiger partial charge in [-0.25, -0.2) is 13.2 Å². The molecule has 0 bridgehead atoms. The van der Waals surface area contributed by atoms with Crippen molar-refractivity contribution in [2.24, 2.45) is 11.3 Å². The first-order valence-corrected chi connectivity index (χ1v) is 13.0. The van der Waals surface area contributed by atoms with E-state index in [0.29, 0.717) is 12.0 Å². The van der Waals surface area contributed by atoms with E-state index in [0.717, 1.165) is 24.5 Å². The Morgan fingerprint density at radius 2 is 1.56 bits per heavy atom. The summed E-state index contributed by atoms with van der Waals surface area (Å²) in [4.78, 5) is 8.00. The van der Waals surface area contributed by atoms with Crippen molar-refractivity contribution in [2.45, 2.75) is 60.3 Å². The summed E-state index contributed by atoms with van der Waals surface area (Å²) >= 11 is 0. The summed E-state index contributed by atoms with van der Waals surface area (Å²) in [7, 11) is 2.87. The summed E-state index contributed by atoms with van der Waals surface area (Å²) in [5.41, 5.74) is 1.22. The van der Waals surface area contributed by atoms with Gasteiger partial charge in [-0.15, -0.1) is 0 Å². The van der Waals surface area contributed by atoms with Crippen molar-refractivity contribution < 1.29 is 38.0 Å². The molecule has 5 N–H and O–H groups in total. The molecule has 2 aromatic carbocycles. The molecule has 1 aliphatic carbocycles. The molecular weight excluding hydrogens is 513 g/mol. The highest BCUT2D eigenvalue weighted by Gasteiger charge is 2.38. The highest BCUT2D eigenvalue weighted by atomic mass is 19.2. The highest BCUT2D eigenvalue weighted by Crippen LogP contribution is 2.49. The number of hydrogen-bond acceptors (Lipinski definition) is 7. The van der Waals surface area contributed by atoms with Gasteiger partial charge in [0.1, 0.15) is 29.7 Å². The quantitative estimate of drug-likeness (QED) is 0.248. The standard InChI is InChI=1S/C15H15F3N2O.C8H16O2.C3H8O.C2H6.CH2O/c1-8-4-5-11(9(16)6-8)20-15-13(18)10(17)7-12(21-3)14(15)19-2;1-8(2-3-8)4-7(5-9)6-10;1-2-3-4;2*1-2/h4-7,19-20H,1-3H3;7,9-10H,2-6H2,1H3;4H,2-3H2,1H3;1-2H3;1H2. The van der Waals surface area contributed by atoms with E-state index in [4.69, 9.17) is 24.9 Å². The first-order chi connectivity index (χ1) is 18.6.